The molecule has 0 aliphatic rings. The summed E-state index contributed by atoms with van der Waals surface area (Å²) in [6.07, 6.45) is 5.18. The van der Waals surface area contributed by atoms with Crippen LogP contribution in [-0.2, 0) is 6.42 Å². The van der Waals surface area contributed by atoms with Gasteiger partial charge < -0.3 is 18.7 Å². The number of benzene rings is 2. The molecule has 32 heavy (non-hydrogen) atoms. The predicted octanol–water partition coefficient (Wildman–Crippen LogP) is 5.66. The molecule has 0 unspecified atom stereocenters. The van der Waals surface area contributed by atoms with E-state index < -0.39 is 5.63 Å². The van der Waals surface area contributed by atoms with E-state index in [0.29, 0.717) is 22.5 Å². The zero-order chi connectivity index (χ0) is 22.7. The number of fused-ring (bicyclic) bond motifs is 1. The van der Waals surface area contributed by atoms with Crippen molar-refractivity contribution >= 4 is 11.0 Å². The Morgan fingerprint density at radius 1 is 1.03 bits per heavy atom. The molecule has 7 heteroatoms. The van der Waals surface area contributed by atoms with Gasteiger partial charge in [-0.05, 0) is 55.2 Å². The van der Waals surface area contributed by atoms with Crippen molar-refractivity contribution in [2.75, 3.05) is 7.11 Å². The minimum Gasteiger partial charge on any atom is -0.508 e. The number of aromatic hydroxyl groups is 1. The number of phenols is 1. The maximum atomic E-state index is 12.7. The zero-order valence-corrected chi connectivity index (χ0v) is 18.5. The summed E-state index contributed by atoms with van der Waals surface area (Å²) in [5, 5.41) is 19.3. The molecule has 0 radical (unpaired) electrons. The first-order valence-corrected chi connectivity index (χ1v) is 10.8. The minimum atomic E-state index is -0.592. The van der Waals surface area contributed by atoms with Gasteiger partial charge in [-0.15, -0.1) is 10.2 Å². The molecule has 0 aliphatic carbocycles. The summed E-state index contributed by atoms with van der Waals surface area (Å²) in [6, 6.07) is 10.6. The first-order chi connectivity index (χ1) is 15.5. The molecule has 7 nitrogen and oxygen atoms in total. The van der Waals surface area contributed by atoms with E-state index in [0.717, 1.165) is 36.6 Å². The van der Waals surface area contributed by atoms with Crippen molar-refractivity contribution in [3.63, 3.8) is 0 Å². The topological polar surface area (TPSA) is 98.6 Å². The molecular weight excluding hydrogens is 408 g/mol. The van der Waals surface area contributed by atoms with Crippen LogP contribution in [0.3, 0.4) is 0 Å². The van der Waals surface area contributed by atoms with Gasteiger partial charge >= 0.3 is 5.63 Å². The van der Waals surface area contributed by atoms with Gasteiger partial charge in [-0.3, -0.25) is 0 Å². The highest BCUT2D eigenvalue weighted by molar-refractivity contribution is 5.87. The second-order valence-corrected chi connectivity index (χ2v) is 7.82. The first kappa shape index (κ1) is 21.6. The SMILES string of the molecule is CCCCCCc1cc2c(C)c(-c3nnc(-c4cccc(OC)c4)o3)c(=O)oc2cc1O. The molecule has 2 heterocycles. The Hall–Kier alpha value is -3.61. The molecule has 0 spiro atoms. The Morgan fingerprint density at radius 3 is 2.62 bits per heavy atom. The van der Waals surface area contributed by atoms with E-state index in [1.807, 2.05) is 31.2 Å². The first-order valence-electron chi connectivity index (χ1n) is 10.8. The van der Waals surface area contributed by atoms with Gasteiger partial charge in [0, 0.05) is 17.0 Å². The van der Waals surface area contributed by atoms with Crippen LogP contribution in [0.25, 0.3) is 33.9 Å². The minimum absolute atomic E-state index is 0.0912. The molecule has 0 bridgehead atoms. The Bertz CT molecular complexity index is 1310. The van der Waals surface area contributed by atoms with Crippen LogP contribution < -0.4 is 10.4 Å². The maximum absolute atomic E-state index is 12.7. The van der Waals surface area contributed by atoms with Crippen molar-refractivity contribution in [1.82, 2.24) is 10.2 Å². The molecule has 0 amide bonds. The Labute approximate surface area is 185 Å². The molecule has 0 atom stereocenters. The van der Waals surface area contributed by atoms with Crippen LogP contribution >= 0.6 is 0 Å². The van der Waals surface area contributed by atoms with E-state index in [4.69, 9.17) is 13.6 Å². The van der Waals surface area contributed by atoms with Gasteiger partial charge in [-0.2, -0.15) is 0 Å². The van der Waals surface area contributed by atoms with E-state index in [-0.39, 0.29) is 23.1 Å². The molecule has 4 aromatic rings. The fourth-order valence-corrected chi connectivity index (χ4v) is 3.82. The molecule has 166 valence electrons. The predicted molar refractivity (Wildman–Crippen MR) is 122 cm³/mol. The normalized spacial score (nSPS) is 11.2. The fraction of sp³-hybridized carbons (Fsp3) is 0.320. The van der Waals surface area contributed by atoms with E-state index in [9.17, 15) is 9.90 Å². The molecule has 0 fully saturated rings. The van der Waals surface area contributed by atoms with Crippen molar-refractivity contribution < 1.29 is 18.7 Å². The average molecular weight is 434 g/mol. The number of rotatable bonds is 8. The largest absolute Gasteiger partial charge is 0.508 e. The molecule has 0 aliphatic heterocycles. The highest BCUT2D eigenvalue weighted by Crippen LogP contribution is 2.32. The van der Waals surface area contributed by atoms with E-state index in [2.05, 4.69) is 17.1 Å². The van der Waals surface area contributed by atoms with Crippen LogP contribution in [0.4, 0.5) is 0 Å². The summed E-state index contributed by atoms with van der Waals surface area (Å²) in [5.41, 5.74) is 2.16. The number of phenolic OH excluding ortho intramolecular Hbond substituents is 1. The lowest BCUT2D eigenvalue weighted by Gasteiger charge is -2.09. The summed E-state index contributed by atoms with van der Waals surface area (Å²) in [5.74, 6) is 1.17. The van der Waals surface area contributed by atoms with Crippen molar-refractivity contribution in [2.24, 2.45) is 0 Å². The number of methoxy groups -OCH3 is 1. The standard InChI is InChI=1S/C25H26N2O5/c1-4-5-6-7-9-16-13-19-15(2)22(25(29)31-21(19)14-20(16)28)24-27-26-23(32-24)17-10-8-11-18(12-17)30-3/h8,10-14,28H,4-7,9H2,1-3H3. The third-order valence-electron chi connectivity index (χ3n) is 5.62. The summed E-state index contributed by atoms with van der Waals surface area (Å²) in [4.78, 5) is 12.7. The van der Waals surface area contributed by atoms with Gasteiger partial charge in [0.1, 0.15) is 22.6 Å². The summed E-state index contributed by atoms with van der Waals surface area (Å²) in [7, 11) is 1.58. The number of aryl methyl sites for hydroxylation is 2. The third-order valence-corrected chi connectivity index (χ3v) is 5.62. The van der Waals surface area contributed by atoms with E-state index in [1.165, 1.54) is 12.5 Å². The molecule has 4 rings (SSSR count). The Kier molecular flexibility index (Phi) is 6.25. The number of ether oxygens (including phenoxy) is 1. The lowest BCUT2D eigenvalue weighted by molar-refractivity contribution is 0.415. The van der Waals surface area contributed by atoms with Gasteiger partial charge in [0.15, 0.2) is 0 Å². The fourth-order valence-electron chi connectivity index (χ4n) is 3.82. The lowest BCUT2D eigenvalue weighted by Crippen LogP contribution is -2.06. The maximum Gasteiger partial charge on any atom is 0.349 e. The Balaban J connectivity index is 1.73. The molecule has 0 saturated carbocycles. The number of hydrogen-bond donors (Lipinski definition) is 1. The summed E-state index contributed by atoms with van der Waals surface area (Å²) in [6.45, 7) is 3.99. The van der Waals surface area contributed by atoms with Crippen molar-refractivity contribution in [3.05, 3.63) is 57.9 Å². The van der Waals surface area contributed by atoms with Crippen LogP contribution in [0.15, 0.2) is 50.0 Å². The van der Waals surface area contributed by atoms with Crippen LogP contribution in [-0.4, -0.2) is 22.4 Å². The molecule has 1 N–H and O–H groups in total. The number of hydrogen-bond acceptors (Lipinski definition) is 7. The van der Waals surface area contributed by atoms with Crippen LogP contribution in [0.2, 0.25) is 0 Å². The summed E-state index contributed by atoms with van der Waals surface area (Å²) >= 11 is 0. The van der Waals surface area contributed by atoms with E-state index >= 15 is 0 Å². The van der Waals surface area contributed by atoms with Crippen molar-refractivity contribution in [2.45, 2.75) is 46.0 Å². The Morgan fingerprint density at radius 2 is 1.84 bits per heavy atom. The van der Waals surface area contributed by atoms with Gasteiger partial charge in [-0.1, -0.05) is 32.3 Å². The van der Waals surface area contributed by atoms with Gasteiger partial charge in [0.2, 0.25) is 5.89 Å². The van der Waals surface area contributed by atoms with Gasteiger partial charge in [-0.25, -0.2) is 4.79 Å². The number of unbranched alkanes of at least 4 members (excludes halogenated alkanes) is 3. The molecule has 0 saturated heterocycles. The molecular formula is C25H26N2O5. The third kappa shape index (κ3) is 4.23. The smallest absolute Gasteiger partial charge is 0.349 e. The van der Waals surface area contributed by atoms with Crippen LogP contribution in [0.1, 0.15) is 43.7 Å². The molecule has 2 aromatic carbocycles. The van der Waals surface area contributed by atoms with Crippen LogP contribution in [0, 0.1) is 6.92 Å². The lowest BCUT2D eigenvalue weighted by atomic mass is 9.99. The average Bonchev–Trinajstić information content (AvgIpc) is 3.27. The van der Waals surface area contributed by atoms with Crippen LogP contribution in [0.5, 0.6) is 11.5 Å². The second kappa shape index (κ2) is 9.26. The van der Waals surface area contributed by atoms with Crippen molar-refractivity contribution in [1.29, 1.82) is 0 Å². The zero-order valence-electron chi connectivity index (χ0n) is 18.5. The highest BCUT2D eigenvalue weighted by Gasteiger charge is 2.21. The summed E-state index contributed by atoms with van der Waals surface area (Å²) < 4.78 is 16.6. The van der Waals surface area contributed by atoms with Gasteiger partial charge in [0.25, 0.3) is 5.89 Å². The number of nitrogens with zero attached hydrogens (tertiary/aromatic N) is 2. The van der Waals surface area contributed by atoms with Crippen molar-refractivity contribution in [3.8, 4) is 34.4 Å². The monoisotopic (exact) mass is 434 g/mol. The number of aromatic nitrogens is 2. The highest BCUT2D eigenvalue weighted by atomic mass is 16.5. The second-order valence-electron chi connectivity index (χ2n) is 7.82. The quantitative estimate of drug-likeness (QED) is 0.282. The van der Waals surface area contributed by atoms with Gasteiger partial charge in [0.05, 0.1) is 7.11 Å². The van der Waals surface area contributed by atoms with E-state index in [1.54, 1.807) is 13.2 Å². The molecule has 2 aromatic heterocycles.